The van der Waals surface area contributed by atoms with Gasteiger partial charge in [-0.2, -0.15) is 0 Å². The van der Waals surface area contributed by atoms with Crippen LogP contribution < -0.4 is 10.1 Å². The summed E-state index contributed by atoms with van der Waals surface area (Å²) in [6.45, 7) is 3.42. The van der Waals surface area contributed by atoms with Gasteiger partial charge in [0.25, 0.3) is 0 Å². The first-order chi connectivity index (χ1) is 9.85. The molecule has 1 aliphatic heterocycles. The van der Waals surface area contributed by atoms with Crippen LogP contribution in [-0.4, -0.2) is 18.7 Å². The fraction of sp³-hybridized carbons (Fsp3) is 0.667. The summed E-state index contributed by atoms with van der Waals surface area (Å²) in [6, 6.07) is 9.27. The Morgan fingerprint density at radius 3 is 3.00 bits per heavy atom. The molecule has 1 heterocycles. The van der Waals surface area contributed by atoms with Gasteiger partial charge in [-0.05, 0) is 49.8 Å². The van der Waals surface area contributed by atoms with Gasteiger partial charge in [0.15, 0.2) is 0 Å². The third-order valence-electron chi connectivity index (χ3n) is 4.78. The first kappa shape index (κ1) is 13.9. The Morgan fingerprint density at radius 1 is 1.25 bits per heavy atom. The molecule has 0 bridgehead atoms. The topological polar surface area (TPSA) is 21.3 Å². The van der Waals surface area contributed by atoms with Gasteiger partial charge in [-0.15, -0.1) is 0 Å². The van der Waals surface area contributed by atoms with E-state index in [1.54, 1.807) is 0 Å². The first-order valence-corrected chi connectivity index (χ1v) is 8.33. The summed E-state index contributed by atoms with van der Waals surface area (Å²) in [7, 11) is 0. The second-order valence-corrected chi connectivity index (χ2v) is 6.47. The molecule has 1 aromatic rings. The maximum Gasteiger partial charge on any atom is 0.123 e. The van der Waals surface area contributed by atoms with E-state index in [9.17, 15) is 0 Å². The summed E-state index contributed by atoms with van der Waals surface area (Å²) in [5.41, 5.74) is 1.40. The molecule has 3 rings (SSSR count). The number of ether oxygens (including phenoxy) is 1. The Kier molecular flexibility index (Phi) is 4.62. The van der Waals surface area contributed by atoms with Gasteiger partial charge in [-0.25, -0.2) is 0 Å². The predicted molar refractivity (Wildman–Crippen MR) is 83.2 cm³/mol. The van der Waals surface area contributed by atoms with Crippen LogP contribution in [0.3, 0.4) is 0 Å². The molecule has 2 heteroatoms. The lowest BCUT2D eigenvalue weighted by Crippen LogP contribution is -2.35. The number of hydrogen-bond acceptors (Lipinski definition) is 2. The molecule has 1 aliphatic carbocycles. The van der Waals surface area contributed by atoms with Gasteiger partial charge < -0.3 is 10.1 Å². The summed E-state index contributed by atoms with van der Waals surface area (Å²) in [6.07, 6.45) is 9.48. The van der Waals surface area contributed by atoms with Gasteiger partial charge in [-0.1, -0.05) is 38.0 Å². The number of hydrogen-bond donors (Lipinski definition) is 1. The second kappa shape index (κ2) is 6.62. The highest BCUT2D eigenvalue weighted by Crippen LogP contribution is 2.34. The fourth-order valence-electron chi connectivity index (χ4n) is 3.80. The fourth-order valence-corrected chi connectivity index (χ4v) is 3.80. The maximum absolute atomic E-state index is 6.11. The summed E-state index contributed by atoms with van der Waals surface area (Å²) in [5, 5.41) is 3.70. The van der Waals surface area contributed by atoms with Gasteiger partial charge in [0.1, 0.15) is 11.9 Å². The van der Waals surface area contributed by atoms with E-state index >= 15 is 0 Å². The van der Waals surface area contributed by atoms with E-state index in [2.05, 4.69) is 36.5 Å². The summed E-state index contributed by atoms with van der Waals surface area (Å²) < 4.78 is 6.11. The standard InChI is InChI=1S/C18H27NO/c1-2-10-19-16-8-5-6-14(11-16)12-17-13-15-7-3-4-9-18(15)20-17/h3-4,7,9,14,16-17,19H,2,5-6,8,10-13H2,1H3. The van der Waals surface area contributed by atoms with Crippen LogP contribution in [0.4, 0.5) is 0 Å². The van der Waals surface area contributed by atoms with Gasteiger partial charge >= 0.3 is 0 Å². The van der Waals surface area contributed by atoms with E-state index in [0.717, 1.165) is 24.1 Å². The van der Waals surface area contributed by atoms with Gasteiger partial charge in [0.05, 0.1) is 0 Å². The van der Waals surface area contributed by atoms with Crippen molar-refractivity contribution in [2.75, 3.05) is 6.54 Å². The van der Waals surface area contributed by atoms with Gasteiger partial charge in [0.2, 0.25) is 0 Å². The second-order valence-electron chi connectivity index (χ2n) is 6.47. The third-order valence-corrected chi connectivity index (χ3v) is 4.78. The van der Waals surface area contributed by atoms with E-state index in [4.69, 9.17) is 4.74 Å². The average molecular weight is 273 g/mol. The van der Waals surface area contributed by atoms with Crippen molar-refractivity contribution in [3.05, 3.63) is 29.8 Å². The van der Waals surface area contributed by atoms with Crippen LogP contribution in [-0.2, 0) is 6.42 Å². The molecule has 1 saturated carbocycles. The molecule has 0 amide bonds. The van der Waals surface area contributed by atoms with Crippen molar-refractivity contribution in [1.82, 2.24) is 5.32 Å². The Morgan fingerprint density at radius 2 is 2.15 bits per heavy atom. The van der Waals surface area contributed by atoms with Crippen LogP contribution in [0.1, 0.15) is 51.0 Å². The molecule has 2 aliphatic rings. The maximum atomic E-state index is 6.11. The number of rotatable bonds is 5. The van der Waals surface area contributed by atoms with E-state index in [-0.39, 0.29) is 0 Å². The lowest BCUT2D eigenvalue weighted by atomic mass is 9.82. The lowest BCUT2D eigenvalue weighted by Gasteiger charge is -2.31. The van der Waals surface area contributed by atoms with E-state index in [1.807, 2.05) is 0 Å². The van der Waals surface area contributed by atoms with Crippen LogP contribution in [0.15, 0.2) is 24.3 Å². The van der Waals surface area contributed by atoms with Crippen LogP contribution >= 0.6 is 0 Å². The zero-order chi connectivity index (χ0) is 13.8. The van der Waals surface area contributed by atoms with Gasteiger partial charge in [-0.3, -0.25) is 0 Å². The Balaban J connectivity index is 1.49. The van der Waals surface area contributed by atoms with Crippen molar-refractivity contribution in [3.63, 3.8) is 0 Å². The van der Waals surface area contributed by atoms with Crippen molar-refractivity contribution in [2.24, 2.45) is 5.92 Å². The highest BCUT2D eigenvalue weighted by Gasteiger charge is 2.28. The van der Waals surface area contributed by atoms with Crippen molar-refractivity contribution in [1.29, 1.82) is 0 Å². The Bertz CT molecular complexity index is 406. The van der Waals surface area contributed by atoms with Crippen molar-refractivity contribution in [3.8, 4) is 5.75 Å². The molecule has 0 spiro atoms. The zero-order valence-corrected chi connectivity index (χ0v) is 12.6. The first-order valence-electron chi connectivity index (χ1n) is 8.33. The molecule has 0 saturated heterocycles. The molecular formula is C18H27NO. The summed E-state index contributed by atoms with van der Waals surface area (Å²) in [4.78, 5) is 0. The van der Waals surface area contributed by atoms with Crippen molar-refractivity contribution < 1.29 is 4.74 Å². The van der Waals surface area contributed by atoms with Crippen LogP contribution in [0.25, 0.3) is 0 Å². The third kappa shape index (κ3) is 3.35. The van der Waals surface area contributed by atoms with Crippen molar-refractivity contribution in [2.45, 2.75) is 64.0 Å². The molecule has 3 atom stereocenters. The molecule has 20 heavy (non-hydrogen) atoms. The van der Waals surface area contributed by atoms with Crippen LogP contribution in [0.2, 0.25) is 0 Å². The number of para-hydroxylation sites is 1. The lowest BCUT2D eigenvalue weighted by molar-refractivity contribution is 0.164. The molecule has 1 fully saturated rings. The number of nitrogens with one attached hydrogen (secondary N) is 1. The minimum atomic E-state index is 0.419. The highest BCUT2D eigenvalue weighted by atomic mass is 16.5. The number of benzene rings is 1. The predicted octanol–water partition coefficient (Wildman–Crippen LogP) is 3.94. The van der Waals surface area contributed by atoms with E-state index in [1.165, 1.54) is 50.6 Å². The number of fused-ring (bicyclic) bond motifs is 1. The van der Waals surface area contributed by atoms with Crippen molar-refractivity contribution >= 4 is 0 Å². The van der Waals surface area contributed by atoms with Crippen LogP contribution in [0.5, 0.6) is 5.75 Å². The van der Waals surface area contributed by atoms with E-state index in [0.29, 0.717) is 6.10 Å². The monoisotopic (exact) mass is 273 g/mol. The van der Waals surface area contributed by atoms with E-state index < -0.39 is 0 Å². The van der Waals surface area contributed by atoms with Crippen LogP contribution in [0, 0.1) is 5.92 Å². The quantitative estimate of drug-likeness (QED) is 0.877. The highest BCUT2D eigenvalue weighted by molar-refractivity contribution is 5.37. The minimum absolute atomic E-state index is 0.419. The summed E-state index contributed by atoms with van der Waals surface area (Å²) in [5.74, 6) is 1.96. The molecule has 3 unspecified atom stereocenters. The smallest absolute Gasteiger partial charge is 0.123 e. The molecule has 1 N–H and O–H groups in total. The molecule has 110 valence electrons. The average Bonchev–Trinajstić information content (AvgIpc) is 2.87. The molecule has 0 radical (unpaired) electrons. The molecule has 1 aromatic carbocycles. The molecular weight excluding hydrogens is 246 g/mol. The molecule has 2 nitrogen and oxygen atoms in total. The Labute approximate surface area is 122 Å². The summed E-state index contributed by atoms with van der Waals surface area (Å²) >= 11 is 0. The molecule has 0 aromatic heterocycles. The zero-order valence-electron chi connectivity index (χ0n) is 12.6. The largest absolute Gasteiger partial charge is 0.490 e. The normalized spacial score (nSPS) is 28.9. The Hall–Kier alpha value is -1.02. The minimum Gasteiger partial charge on any atom is -0.490 e. The SMILES string of the molecule is CCCNC1CCCC(CC2Cc3ccccc3O2)C1. The van der Waals surface area contributed by atoms with Gasteiger partial charge in [0, 0.05) is 12.5 Å².